The van der Waals surface area contributed by atoms with Crippen LogP contribution in [0.2, 0.25) is 0 Å². The molecule has 0 bridgehead atoms. The molecule has 0 radical (unpaired) electrons. The standard InChI is InChI=1S/C17H20N4O3S/c1-2-21(14-6-4-3-5-7-14)16-9-8-15(19-20-16)17(22)18-13-10-11-25(23,24)12-13/h3-9,13H,2,10-12H2,1H3,(H,18,22). The van der Waals surface area contributed by atoms with Gasteiger partial charge in [0.15, 0.2) is 21.3 Å². The Hall–Kier alpha value is -2.48. The molecule has 132 valence electrons. The van der Waals surface area contributed by atoms with Crippen molar-refractivity contribution < 1.29 is 13.2 Å². The van der Waals surface area contributed by atoms with Gasteiger partial charge < -0.3 is 10.2 Å². The first-order chi connectivity index (χ1) is 12.0. The first-order valence-electron chi connectivity index (χ1n) is 8.16. The van der Waals surface area contributed by atoms with E-state index in [1.807, 2.05) is 42.2 Å². The molecular formula is C17H20N4O3S. The molecule has 2 aromatic rings. The number of para-hydroxylation sites is 1. The quantitative estimate of drug-likeness (QED) is 0.870. The van der Waals surface area contributed by atoms with Crippen molar-refractivity contribution in [3.8, 4) is 0 Å². The molecule has 1 atom stereocenters. The largest absolute Gasteiger partial charge is 0.347 e. The Labute approximate surface area is 147 Å². The molecule has 7 nitrogen and oxygen atoms in total. The molecule has 1 aliphatic heterocycles. The number of nitrogens with one attached hydrogen (secondary N) is 1. The zero-order valence-corrected chi connectivity index (χ0v) is 14.7. The lowest BCUT2D eigenvalue weighted by Crippen LogP contribution is -2.36. The first-order valence-corrected chi connectivity index (χ1v) is 9.98. The monoisotopic (exact) mass is 360 g/mol. The number of aromatic nitrogens is 2. The van der Waals surface area contributed by atoms with Gasteiger partial charge in [-0.25, -0.2) is 8.42 Å². The average Bonchev–Trinajstić information content (AvgIpc) is 2.95. The number of sulfone groups is 1. The van der Waals surface area contributed by atoms with E-state index in [-0.39, 0.29) is 23.2 Å². The molecule has 2 heterocycles. The number of carbonyl (C=O) groups excluding carboxylic acids is 1. The van der Waals surface area contributed by atoms with Gasteiger partial charge in [0.25, 0.3) is 5.91 Å². The van der Waals surface area contributed by atoms with Crippen molar-refractivity contribution >= 4 is 27.2 Å². The van der Waals surface area contributed by atoms with Gasteiger partial charge in [-0.15, -0.1) is 10.2 Å². The third-order valence-corrected chi connectivity index (χ3v) is 5.88. The lowest BCUT2D eigenvalue weighted by atomic mass is 10.2. The van der Waals surface area contributed by atoms with Gasteiger partial charge >= 0.3 is 0 Å². The van der Waals surface area contributed by atoms with Crippen LogP contribution in [-0.2, 0) is 9.84 Å². The van der Waals surface area contributed by atoms with Gasteiger partial charge in [-0.05, 0) is 37.6 Å². The third-order valence-electron chi connectivity index (χ3n) is 4.11. The van der Waals surface area contributed by atoms with E-state index in [2.05, 4.69) is 15.5 Å². The van der Waals surface area contributed by atoms with Gasteiger partial charge in [0.1, 0.15) is 0 Å². The Bertz CT molecular complexity index is 838. The number of carbonyl (C=O) groups is 1. The Balaban J connectivity index is 1.70. The average molecular weight is 360 g/mol. The van der Waals surface area contributed by atoms with E-state index in [1.54, 1.807) is 12.1 Å². The number of rotatable bonds is 5. The molecule has 1 aromatic heterocycles. The third kappa shape index (κ3) is 4.14. The van der Waals surface area contributed by atoms with Crippen LogP contribution in [0.1, 0.15) is 23.8 Å². The van der Waals surface area contributed by atoms with Crippen LogP contribution in [0.25, 0.3) is 0 Å². The Kier molecular flexibility index (Phi) is 4.98. The predicted molar refractivity (Wildman–Crippen MR) is 95.7 cm³/mol. The fourth-order valence-corrected chi connectivity index (χ4v) is 4.52. The number of hydrogen-bond acceptors (Lipinski definition) is 6. The van der Waals surface area contributed by atoms with Crippen molar-refractivity contribution in [2.45, 2.75) is 19.4 Å². The minimum absolute atomic E-state index is 0.0120. The van der Waals surface area contributed by atoms with Gasteiger partial charge in [-0.3, -0.25) is 4.79 Å². The predicted octanol–water partition coefficient (Wildman–Crippen LogP) is 1.55. The molecule has 8 heteroatoms. The topological polar surface area (TPSA) is 92.3 Å². The zero-order chi connectivity index (χ0) is 17.9. The van der Waals surface area contributed by atoms with Crippen LogP contribution < -0.4 is 10.2 Å². The summed E-state index contributed by atoms with van der Waals surface area (Å²) in [5.41, 5.74) is 1.17. The highest BCUT2D eigenvalue weighted by Gasteiger charge is 2.29. The second-order valence-electron chi connectivity index (χ2n) is 5.93. The Morgan fingerprint density at radius 3 is 2.52 bits per heavy atom. The minimum atomic E-state index is -3.03. The van der Waals surface area contributed by atoms with Gasteiger partial charge in [0.2, 0.25) is 0 Å². The summed E-state index contributed by atoms with van der Waals surface area (Å²) in [4.78, 5) is 14.2. The van der Waals surface area contributed by atoms with Crippen LogP contribution in [0, 0.1) is 0 Å². The van der Waals surface area contributed by atoms with E-state index >= 15 is 0 Å². The lowest BCUT2D eigenvalue weighted by molar-refractivity contribution is 0.0935. The summed E-state index contributed by atoms with van der Waals surface area (Å²) in [6.07, 6.45) is 0.442. The summed E-state index contributed by atoms with van der Waals surface area (Å²) in [5.74, 6) is 0.352. The van der Waals surface area contributed by atoms with Crippen molar-refractivity contribution in [1.29, 1.82) is 0 Å². The van der Waals surface area contributed by atoms with Crippen LogP contribution in [0.4, 0.5) is 11.5 Å². The number of hydrogen-bond donors (Lipinski definition) is 1. The molecule has 25 heavy (non-hydrogen) atoms. The van der Waals surface area contributed by atoms with Crippen LogP contribution in [-0.4, -0.2) is 48.6 Å². The SMILES string of the molecule is CCN(c1ccccc1)c1ccc(C(=O)NC2CCS(=O)(=O)C2)nn1. The molecule has 0 spiro atoms. The summed E-state index contributed by atoms with van der Waals surface area (Å²) >= 11 is 0. The summed E-state index contributed by atoms with van der Waals surface area (Å²) < 4.78 is 22.9. The smallest absolute Gasteiger partial charge is 0.272 e. The van der Waals surface area contributed by atoms with Crippen LogP contribution in [0.5, 0.6) is 0 Å². The van der Waals surface area contributed by atoms with Crippen molar-refractivity contribution in [3.63, 3.8) is 0 Å². The Morgan fingerprint density at radius 1 is 1.20 bits per heavy atom. The minimum Gasteiger partial charge on any atom is -0.347 e. The number of amides is 1. The van der Waals surface area contributed by atoms with E-state index < -0.39 is 15.7 Å². The second kappa shape index (κ2) is 7.18. The number of nitrogens with zero attached hydrogens (tertiary/aromatic N) is 3. The van der Waals surface area contributed by atoms with Crippen molar-refractivity contribution in [1.82, 2.24) is 15.5 Å². The lowest BCUT2D eigenvalue weighted by Gasteiger charge is -2.21. The molecule has 1 saturated heterocycles. The molecule has 1 amide bonds. The molecule has 0 aliphatic carbocycles. The van der Waals surface area contributed by atoms with Crippen molar-refractivity contribution in [2.24, 2.45) is 0 Å². The highest BCUT2D eigenvalue weighted by molar-refractivity contribution is 7.91. The van der Waals surface area contributed by atoms with Gasteiger partial charge in [-0.1, -0.05) is 18.2 Å². The molecule has 1 aliphatic rings. The highest BCUT2D eigenvalue weighted by Crippen LogP contribution is 2.22. The van der Waals surface area contributed by atoms with Gasteiger partial charge in [0.05, 0.1) is 11.5 Å². The van der Waals surface area contributed by atoms with E-state index in [1.165, 1.54) is 0 Å². The number of anilines is 2. The first kappa shape index (κ1) is 17.3. The summed E-state index contributed by atoms with van der Waals surface area (Å²) in [6, 6.07) is 12.8. The summed E-state index contributed by atoms with van der Waals surface area (Å²) in [7, 11) is -3.03. The zero-order valence-electron chi connectivity index (χ0n) is 13.9. The van der Waals surface area contributed by atoms with Gasteiger partial charge in [-0.2, -0.15) is 0 Å². The second-order valence-corrected chi connectivity index (χ2v) is 8.16. The normalized spacial score (nSPS) is 18.7. The maximum atomic E-state index is 12.2. The van der Waals surface area contributed by atoms with Gasteiger partial charge in [0, 0.05) is 18.3 Å². The van der Waals surface area contributed by atoms with Crippen LogP contribution in [0.3, 0.4) is 0 Å². The van der Waals surface area contributed by atoms with E-state index in [0.717, 1.165) is 5.69 Å². The summed E-state index contributed by atoms with van der Waals surface area (Å²) in [6.45, 7) is 2.72. The fraction of sp³-hybridized carbons (Fsp3) is 0.353. The van der Waals surface area contributed by atoms with E-state index in [0.29, 0.717) is 18.8 Å². The maximum Gasteiger partial charge on any atom is 0.272 e. The highest BCUT2D eigenvalue weighted by atomic mass is 32.2. The maximum absolute atomic E-state index is 12.2. The molecule has 1 N–H and O–H groups in total. The molecular weight excluding hydrogens is 340 g/mol. The summed E-state index contributed by atoms with van der Waals surface area (Å²) in [5, 5.41) is 10.9. The fourth-order valence-electron chi connectivity index (χ4n) is 2.84. The molecule has 0 saturated carbocycles. The molecule has 1 fully saturated rings. The van der Waals surface area contributed by atoms with Crippen molar-refractivity contribution in [3.05, 3.63) is 48.2 Å². The van der Waals surface area contributed by atoms with E-state index in [4.69, 9.17) is 0 Å². The Morgan fingerprint density at radius 2 is 1.96 bits per heavy atom. The van der Waals surface area contributed by atoms with Crippen molar-refractivity contribution in [2.75, 3.05) is 23.0 Å². The van der Waals surface area contributed by atoms with Crippen LogP contribution >= 0.6 is 0 Å². The van der Waals surface area contributed by atoms with E-state index in [9.17, 15) is 13.2 Å². The van der Waals surface area contributed by atoms with Crippen LogP contribution in [0.15, 0.2) is 42.5 Å². The number of benzene rings is 1. The molecule has 1 aromatic carbocycles. The molecule has 1 unspecified atom stereocenters. The molecule has 3 rings (SSSR count).